The Bertz CT molecular complexity index is 993. The third-order valence-electron chi connectivity index (χ3n) is 5.48. The van der Waals surface area contributed by atoms with Gasteiger partial charge < -0.3 is 9.84 Å². The number of aromatic hydroxyl groups is 1. The third kappa shape index (κ3) is 3.47. The zero-order valence-electron chi connectivity index (χ0n) is 16.1. The van der Waals surface area contributed by atoms with Crippen molar-refractivity contribution >= 4 is 12.1 Å². The molecule has 0 aliphatic heterocycles. The SMILES string of the molecule is COc1cccc(/C=N/NC(=O)[C@@H]2CC2(c2ccccc2)c2ccccc2)c1O. The maximum Gasteiger partial charge on any atom is 0.244 e. The van der Waals surface area contributed by atoms with E-state index in [9.17, 15) is 9.90 Å². The van der Waals surface area contributed by atoms with Gasteiger partial charge in [0.1, 0.15) is 0 Å². The lowest BCUT2D eigenvalue weighted by Crippen LogP contribution is -2.25. The molecule has 3 aromatic carbocycles. The summed E-state index contributed by atoms with van der Waals surface area (Å²) in [6.07, 6.45) is 2.15. The molecule has 2 N–H and O–H groups in total. The lowest BCUT2D eigenvalue weighted by molar-refractivity contribution is -0.122. The van der Waals surface area contributed by atoms with Gasteiger partial charge in [-0.05, 0) is 29.7 Å². The van der Waals surface area contributed by atoms with Gasteiger partial charge in [-0.2, -0.15) is 5.10 Å². The average molecular weight is 386 g/mol. The molecule has 4 rings (SSSR count). The number of phenols is 1. The Morgan fingerprint density at radius 3 is 2.24 bits per heavy atom. The van der Waals surface area contributed by atoms with Crippen LogP contribution in [0.25, 0.3) is 0 Å². The van der Waals surface area contributed by atoms with Gasteiger partial charge in [0.15, 0.2) is 11.5 Å². The molecule has 1 amide bonds. The van der Waals surface area contributed by atoms with Gasteiger partial charge in [0, 0.05) is 11.0 Å². The van der Waals surface area contributed by atoms with Crippen LogP contribution in [0.4, 0.5) is 0 Å². The van der Waals surface area contributed by atoms with E-state index in [1.54, 1.807) is 18.2 Å². The second-order valence-electron chi connectivity index (χ2n) is 7.09. The van der Waals surface area contributed by atoms with Crippen LogP contribution >= 0.6 is 0 Å². The largest absolute Gasteiger partial charge is 0.504 e. The molecule has 5 nitrogen and oxygen atoms in total. The summed E-state index contributed by atoms with van der Waals surface area (Å²) in [7, 11) is 1.48. The van der Waals surface area contributed by atoms with Crippen LogP contribution < -0.4 is 10.2 Å². The van der Waals surface area contributed by atoms with Crippen LogP contribution in [-0.4, -0.2) is 24.3 Å². The molecule has 1 aliphatic rings. The van der Waals surface area contributed by atoms with Gasteiger partial charge in [-0.25, -0.2) is 5.43 Å². The first-order valence-corrected chi connectivity index (χ1v) is 9.47. The number of benzene rings is 3. The van der Waals surface area contributed by atoms with Crippen LogP contribution in [-0.2, 0) is 10.2 Å². The maximum atomic E-state index is 12.9. The van der Waals surface area contributed by atoms with Gasteiger partial charge in [0.2, 0.25) is 5.91 Å². The molecule has 0 aromatic heterocycles. The number of rotatable bonds is 6. The van der Waals surface area contributed by atoms with Crippen molar-refractivity contribution in [3.05, 3.63) is 95.6 Å². The van der Waals surface area contributed by atoms with Gasteiger partial charge in [-0.1, -0.05) is 66.7 Å². The minimum absolute atomic E-state index is 0.0117. The number of carbonyl (C=O) groups excluding carboxylic acids is 1. The summed E-state index contributed by atoms with van der Waals surface area (Å²) in [5.41, 5.74) is 5.02. The predicted molar refractivity (Wildman–Crippen MR) is 112 cm³/mol. The monoisotopic (exact) mass is 386 g/mol. The van der Waals surface area contributed by atoms with E-state index in [2.05, 4.69) is 34.8 Å². The lowest BCUT2D eigenvalue weighted by Gasteiger charge is -2.18. The zero-order chi connectivity index (χ0) is 20.3. The second-order valence-corrected chi connectivity index (χ2v) is 7.09. The van der Waals surface area contributed by atoms with Gasteiger partial charge in [0.25, 0.3) is 0 Å². The maximum absolute atomic E-state index is 12.9. The molecule has 29 heavy (non-hydrogen) atoms. The molecule has 1 aliphatic carbocycles. The number of phenolic OH excluding ortho intramolecular Hbond substituents is 1. The molecule has 3 aromatic rings. The summed E-state index contributed by atoms with van der Waals surface area (Å²) in [4.78, 5) is 12.9. The van der Waals surface area contributed by atoms with Crippen LogP contribution in [0, 0.1) is 5.92 Å². The Balaban J connectivity index is 1.54. The Hall–Kier alpha value is -3.60. The fraction of sp³-hybridized carbons (Fsp3) is 0.167. The highest BCUT2D eigenvalue weighted by molar-refractivity contribution is 5.89. The van der Waals surface area contributed by atoms with Crippen LogP contribution in [0.3, 0.4) is 0 Å². The number of hydrogen-bond acceptors (Lipinski definition) is 4. The molecule has 146 valence electrons. The van der Waals surface area contributed by atoms with Gasteiger partial charge in [0.05, 0.1) is 19.2 Å². The fourth-order valence-corrected chi connectivity index (χ4v) is 3.91. The fourth-order valence-electron chi connectivity index (χ4n) is 3.91. The summed E-state index contributed by atoms with van der Waals surface area (Å²) < 4.78 is 5.09. The zero-order valence-corrected chi connectivity index (χ0v) is 16.1. The molecule has 0 unspecified atom stereocenters. The summed E-state index contributed by atoms with van der Waals surface area (Å²) in [6.45, 7) is 0. The molecule has 1 atom stereocenters. The first kappa shape index (κ1) is 18.7. The average Bonchev–Trinajstić information content (AvgIpc) is 3.53. The Kier molecular flexibility index (Phi) is 5.04. The van der Waals surface area contributed by atoms with E-state index >= 15 is 0 Å². The second kappa shape index (κ2) is 7.80. The van der Waals surface area contributed by atoms with Crippen molar-refractivity contribution < 1.29 is 14.6 Å². The molecule has 0 heterocycles. The number of para-hydroxylation sites is 1. The lowest BCUT2D eigenvalue weighted by atomic mass is 9.85. The van der Waals surface area contributed by atoms with Gasteiger partial charge >= 0.3 is 0 Å². The van der Waals surface area contributed by atoms with Crippen LogP contribution in [0.5, 0.6) is 11.5 Å². The summed E-state index contributed by atoms with van der Waals surface area (Å²) in [6, 6.07) is 25.3. The van der Waals surface area contributed by atoms with Crippen molar-refractivity contribution in [1.29, 1.82) is 0 Å². The van der Waals surface area contributed by atoms with Crippen molar-refractivity contribution in [2.45, 2.75) is 11.8 Å². The molecule has 1 fully saturated rings. The number of hydrazone groups is 1. The first-order chi connectivity index (χ1) is 14.2. The third-order valence-corrected chi connectivity index (χ3v) is 5.48. The number of nitrogens with zero attached hydrogens (tertiary/aromatic N) is 1. The van der Waals surface area contributed by atoms with E-state index in [1.807, 2.05) is 36.4 Å². The summed E-state index contributed by atoms with van der Waals surface area (Å²) in [5.74, 6) is -0.00308. The molecular formula is C24H22N2O3. The quantitative estimate of drug-likeness (QED) is 0.499. The van der Waals surface area contributed by atoms with Crippen molar-refractivity contribution in [2.75, 3.05) is 7.11 Å². The number of amides is 1. The molecule has 0 spiro atoms. The predicted octanol–water partition coefficient (Wildman–Crippen LogP) is 3.86. The first-order valence-electron chi connectivity index (χ1n) is 9.47. The number of methoxy groups -OCH3 is 1. The van der Waals surface area contributed by atoms with Crippen molar-refractivity contribution in [1.82, 2.24) is 5.43 Å². The number of carbonyl (C=O) groups is 1. The van der Waals surface area contributed by atoms with Crippen LogP contribution in [0.15, 0.2) is 84.0 Å². The van der Waals surface area contributed by atoms with E-state index < -0.39 is 0 Å². The summed E-state index contributed by atoms with van der Waals surface area (Å²) in [5, 5.41) is 14.2. The smallest absolute Gasteiger partial charge is 0.244 e. The van der Waals surface area contributed by atoms with E-state index in [1.165, 1.54) is 13.3 Å². The van der Waals surface area contributed by atoms with E-state index in [0.29, 0.717) is 11.3 Å². The van der Waals surface area contributed by atoms with Gasteiger partial charge in [-0.15, -0.1) is 0 Å². The number of hydrogen-bond donors (Lipinski definition) is 2. The van der Waals surface area contributed by atoms with E-state index in [-0.39, 0.29) is 23.0 Å². The standard InChI is InChI=1S/C24H22N2O3/c1-29-21-14-8-9-17(22(21)27)16-25-26-23(28)20-15-24(20,18-10-4-2-5-11-18)19-12-6-3-7-13-19/h2-14,16,20,27H,15H2,1H3,(H,26,28)/b25-16+/t20-/m0/s1. The Morgan fingerprint density at radius 1 is 1.03 bits per heavy atom. The van der Waals surface area contributed by atoms with E-state index in [0.717, 1.165) is 17.5 Å². The van der Waals surface area contributed by atoms with Crippen LogP contribution in [0.1, 0.15) is 23.1 Å². The van der Waals surface area contributed by atoms with Crippen LogP contribution in [0.2, 0.25) is 0 Å². The number of ether oxygens (including phenoxy) is 1. The Labute approximate surface area is 169 Å². The summed E-state index contributed by atoms with van der Waals surface area (Å²) >= 11 is 0. The van der Waals surface area contributed by atoms with Crippen molar-refractivity contribution in [2.24, 2.45) is 11.0 Å². The van der Waals surface area contributed by atoms with Crippen molar-refractivity contribution in [3.63, 3.8) is 0 Å². The number of nitrogens with one attached hydrogen (secondary N) is 1. The van der Waals surface area contributed by atoms with Crippen molar-refractivity contribution in [3.8, 4) is 11.5 Å². The molecule has 0 radical (unpaired) electrons. The minimum atomic E-state index is -0.333. The molecule has 0 saturated heterocycles. The minimum Gasteiger partial charge on any atom is -0.504 e. The highest BCUT2D eigenvalue weighted by Gasteiger charge is 2.60. The topological polar surface area (TPSA) is 70.9 Å². The molecular weight excluding hydrogens is 364 g/mol. The normalized spacial score (nSPS) is 17.1. The molecule has 5 heteroatoms. The Morgan fingerprint density at radius 2 is 1.66 bits per heavy atom. The molecule has 0 bridgehead atoms. The highest BCUT2D eigenvalue weighted by Crippen LogP contribution is 2.58. The van der Waals surface area contributed by atoms with E-state index in [4.69, 9.17) is 4.74 Å². The molecule has 1 saturated carbocycles. The highest BCUT2D eigenvalue weighted by atomic mass is 16.5. The van der Waals surface area contributed by atoms with Gasteiger partial charge in [-0.3, -0.25) is 4.79 Å².